The Labute approximate surface area is 228 Å². The van der Waals surface area contributed by atoms with E-state index in [4.69, 9.17) is 18.6 Å². The molecule has 0 spiro atoms. The van der Waals surface area contributed by atoms with Crippen LogP contribution in [0.25, 0.3) is 21.7 Å². The topological polar surface area (TPSA) is 94.3 Å². The van der Waals surface area contributed by atoms with Crippen molar-refractivity contribution in [3.05, 3.63) is 65.2 Å². The van der Waals surface area contributed by atoms with Crippen molar-refractivity contribution in [3.63, 3.8) is 0 Å². The number of methoxy groups -OCH3 is 1. The van der Waals surface area contributed by atoms with Crippen molar-refractivity contribution < 1.29 is 28.5 Å². The monoisotopic (exact) mass is 532 g/mol. The molecule has 1 saturated heterocycles. The Morgan fingerprint density at radius 3 is 2.51 bits per heavy atom. The summed E-state index contributed by atoms with van der Waals surface area (Å²) in [6, 6.07) is 9.11. The maximum absolute atomic E-state index is 13.1. The van der Waals surface area contributed by atoms with Crippen LogP contribution >= 0.6 is 0 Å². The highest BCUT2D eigenvalue weighted by Gasteiger charge is 2.34. The number of fused-ring (bicyclic) bond motifs is 3. The molecule has 39 heavy (non-hydrogen) atoms. The molecule has 8 heteroatoms. The van der Waals surface area contributed by atoms with Gasteiger partial charge in [0, 0.05) is 47.2 Å². The van der Waals surface area contributed by atoms with Crippen molar-refractivity contribution in [3.8, 4) is 11.5 Å². The first-order valence-electron chi connectivity index (χ1n) is 13.3. The minimum absolute atomic E-state index is 0.0954. The van der Waals surface area contributed by atoms with E-state index in [1.54, 1.807) is 19.3 Å². The lowest BCUT2D eigenvalue weighted by Gasteiger charge is -2.36. The largest absolute Gasteiger partial charge is 0.507 e. The van der Waals surface area contributed by atoms with Crippen LogP contribution < -0.4 is 4.74 Å². The van der Waals surface area contributed by atoms with E-state index in [0.29, 0.717) is 77.3 Å². The summed E-state index contributed by atoms with van der Waals surface area (Å²) in [6.07, 6.45) is 4.37. The number of phenolic OH excluding ortho intramolecular Hbond substituents is 1. The van der Waals surface area contributed by atoms with Gasteiger partial charge >= 0.3 is 5.97 Å². The molecule has 4 aromatic rings. The van der Waals surface area contributed by atoms with E-state index in [-0.39, 0.29) is 17.2 Å². The van der Waals surface area contributed by atoms with Crippen LogP contribution in [0.1, 0.15) is 60.5 Å². The molecule has 1 aliphatic heterocycles. The SMILES string of the molecule is COC(=O)c1c(C)oc2c1c(C(c1ccncc1)N1CCOCC1)c(O)c1ccc(OCCC(C)(C)C)cc12. The summed E-state index contributed by atoms with van der Waals surface area (Å²) in [7, 11) is 1.35. The lowest BCUT2D eigenvalue weighted by Crippen LogP contribution is -2.39. The van der Waals surface area contributed by atoms with E-state index < -0.39 is 5.97 Å². The molecule has 5 rings (SSSR count). The van der Waals surface area contributed by atoms with E-state index in [2.05, 4.69) is 30.7 Å². The number of benzene rings is 2. The molecule has 0 radical (unpaired) electrons. The number of phenols is 1. The van der Waals surface area contributed by atoms with E-state index in [1.807, 2.05) is 30.3 Å². The highest BCUT2D eigenvalue weighted by molar-refractivity contribution is 6.17. The first kappa shape index (κ1) is 27.0. The van der Waals surface area contributed by atoms with Gasteiger partial charge in [-0.3, -0.25) is 9.88 Å². The Hall–Kier alpha value is -3.62. The number of aromatic nitrogens is 1. The fourth-order valence-electron chi connectivity index (χ4n) is 5.29. The molecular weight excluding hydrogens is 496 g/mol. The van der Waals surface area contributed by atoms with E-state index in [9.17, 15) is 9.90 Å². The fraction of sp³-hybridized carbons (Fsp3) is 0.419. The zero-order chi connectivity index (χ0) is 27.7. The van der Waals surface area contributed by atoms with E-state index >= 15 is 0 Å². The summed E-state index contributed by atoms with van der Waals surface area (Å²) in [5.74, 6) is 0.685. The molecule has 1 atom stereocenters. The quantitative estimate of drug-likeness (QED) is 0.289. The third-order valence-corrected chi connectivity index (χ3v) is 7.32. The van der Waals surface area contributed by atoms with Gasteiger partial charge in [-0.25, -0.2) is 4.79 Å². The Morgan fingerprint density at radius 2 is 1.85 bits per heavy atom. The number of nitrogens with zero attached hydrogens (tertiary/aromatic N) is 2. The van der Waals surface area contributed by atoms with Gasteiger partial charge in [-0.1, -0.05) is 20.8 Å². The van der Waals surface area contributed by atoms with Gasteiger partial charge in [0.1, 0.15) is 28.4 Å². The summed E-state index contributed by atoms with van der Waals surface area (Å²) >= 11 is 0. The Balaban J connectivity index is 1.77. The molecule has 0 amide bonds. The number of carbonyl (C=O) groups is 1. The normalized spacial score (nSPS) is 15.5. The number of carbonyl (C=O) groups excluding carboxylic acids is 1. The lowest BCUT2D eigenvalue weighted by molar-refractivity contribution is 0.0238. The molecule has 0 saturated carbocycles. The van der Waals surface area contributed by atoms with Gasteiger partial charge in [0.25, 0.3) is 0 Å². The number of morpholine rings is 1. The molecule has 2 aromatic carbocycles. The number of pyridine rings is 1. The summed E-state index contributed by atoms with van der Waals surface area (Å²) in [5.41, 5.74) is 2.52. The molecule has 1 N–H and O–H groups in total. The zero-order valence-corrected chi connectivity index (χ0v) is 23.2. The third-order valence-electron chi connectivity index (χ3n) is 7.32. The molecule has 2 aromatic heterocycles. The molecule has 8 nitrogen and oxygen atoms in total. The molecular formula is C31H36N2O6. The first-order chi connectivity index (χ1) is 18.7. The second-order valence-electron chi connectivity index (χ2n) is 11.2. The van der Waals surface area contributed by atoms with Crippen molar-refractivity contribution in [2.75, 3.05) is 40.0 Å². The number of rotatable bonds is 7. The number of ether oxygens (including phenoxy) is 3. The van der Waals surface area contributed by atoms with Crippen LogP contribution in [0.15, 0.2) is 47.1 Å². The van der Waals surface area contributed by atoms with Crippen LogP contribution in [0.5, 0.6) is 11.5 Å². The van der Waals surface area contributed by atoms with Gasteiger partial charge in [0.2, 0.25) is 0 Å². The van der Waals surface area contributed by atoms with Gasteiger partial charge in [-0.15, -0.1) is 0 Å². The minimum Gasteiger partial charge on any atom is -0.507 e. The van der Waals surface area contributed by atoms with E-state index in [0.717, 1.165) is 12.0 Å². The van der Waals surface area contributed by atoms with Crippen LogP contribution in [0.2, 0.25) is 0 Å². The summed E-state index contributed by atoms with van der Waals surface area (Å²) < 4.78 is 23.2. The van der Waals surface area contributed by atoms with Crippen molar-refractivity contribution >= 4 is 27.7 Å². The average Bonchev–Trinajstić information content (AvgIpc) is 3.27. The molecule has 3 heterocycles. The van der Waals surface area contributed by atoms with Gasteiger partial charge in [-0.05, 0) is 54.7 Å². The van der Waals surface area contributed by atoms with Crippen molar-refractivity contribution in [1.29, 1.82) is 0 Å². The third kappa shape index (κ3) is 5.31. The number of aryl methyl sites for hydroxylation is 1. The summed E-state index contributed by atoms with van der Waals surface area (Å²) in [4.78, 5) is 19.6. The van der Waals surface area contributed by atoms with Gasteiger partial charge in [0.15, 0.2) is 0 Å². The molecule has 1 aliphatic rings. The van der Waals surface area contributed by atoms with Crippen molar-refractivity contribution in [1.82, 2.24) is 9.88 Å². The Kier molecular flexibility index (Phi) is 7.51. The second kappa shape index (κ2) is 10.9. The number of furan rings is 1. The molecule has 0 bridgehead atoms. The van der Waals surface area contributed by atoms with E-state index in [1.165, 1.54) is 7.11 Å². The number of hydrogen-bond donors (Lipinski definition) is 1. The average molecular weight is 533 g/mol. The summed E-state index contributed by atoms with van der Waals surface area (Å²) in [5, 5.41) is 13.8. The van der Waals surface area contributed by atoms with Crippen molar-refractivity contribution in [2.24, 2.45) is 5.41 Å². The number of hydrogen-bond acceptors (Lipinski definition) is 8. The highest BCUT2D eigenvalue weighted by Crippen LogP contribution is 2.48. The van der Waals surface area contributed by atoms with Crippen LogP contribution in [0, 0.1) is 12.3 Å². The zero-order valence-electron chi connectivity index (χ0n) is 23.2. The summed E-state index contributed by atoms with van der Waals surface area (Å²) in [6.45, 7) is 11.3. The maximum Gasteiger partial charge on any atom is 0.342 e. The van der Waals surface area contributed by atoms with Gasteiger partial charge < -0.3 is 23.7 Å². The number of esters is 1. The first-order valence-corrected chi connectivity index (χ1v) is 13.3. The second-order valence-corrected chi connectivity index (χ2v) is 11.2. The molecule has 0 aliphatic carbocycles. The van der Waals surface area contributed by atoms with Crippen LogP contribution in [-0.2, 0) is 9.47 Å². The molecule has 1 unspecified atom stereocenters. The van der Waals surface area contributed by atoms with Crippen LogP contribution in [-0.4, -0.2) is 61.0 Å². The van der Waals surface area contributed by atoms with Crippen LogP contribution in [0.4, 0.5) is 0 Å². The highest BCUT2D eigenvalue weighted by atomic mass is 16.5. The predicted molar refractivity (Wildman–Crippen MR) is 150 cm³/mol. The smallest absolute Gasteiger partial charge is 0.342 e. The molecule has 206 valence electrons. The fourth-order valence-corrected chi connectivity index (χ4v) is 5.29. The predicted octanol–water partition coefficient (Wildman–Crippen LogP) is 6.02. The van der Waals surface area contributed by atoms with Crippen LogP contribution in [0.3, 0.4) is 0 Å². The Bertz CT molecular complexity index is 1480. The Morgan fingerprint density at radius 1 is 1.13 bits per heavy atom. The van der Waals surface area contributed by atoms with Gasteiger partial charge in [-0.2, -0.15) is 0 Å². The minimum atomic E-state index is -0.515. The van der Waals surface area contributed by atoms with Gasteiger partial charge in [0.05, 0.1) is 33.0 Å². The number of aromatic hydroxyl groups is 1. The maximum atomic E-state index is 13.1. The lowest BCUT2D eigenvalue weighted by atomic mass is 9.89. The standard InChI is InChI=1S/C31H36N2O6/c1-19-24(30(35)36-5)25-26(27(20-8-11-32-12-9-20)33-13-16-37-17-14-33)28(34)22-7-6-21(18-23(22)29(25)39-19)38-15-10-31(2,3)4/h6-9,11-12,18,27,34H,10,13-17H2,1-5H3. The molecule has 1 fully saturated rings. The van der Waals surface area contributed by atoms with Crippen molar-refractivity contribution in [2.45, 2.75) is 40.2 Å².